The van der Waals surface area contributed by atoms with E-state index in [2.05, 4.69) is 18.3 Å². The predicted octanol–water partition coefficient (Wildman–Crippen LogP) is 5.79. The van der Waals surface area contributed by atoms with Crippen molar-refractivity contribution in [1.29, 1.82) is 0 Å². The van der Waals surface area contributed by atoms with Crippen molar-refractivity contribution in [2.75, 3.05) is 13.7 Å². The van der Waals surface area contributed by atoms with Crippen molar-refractivity contribution < 1.29 is 19.4 Å². The van der Waals surface area contributed by atoms with E-state index < -0.39 is 0 Å². The van der Waals surface area contributed by atoms with Gasteiger partial charge in [0.2, 0.25) is 5.91 Å². The van der Waals surface area contributed by atoms with Gasteiger partial charge in [0, 0.05) is 25.3 Å². The van der Waals surface area contributed by atoms with Crippen molar-refractivity contribution in [3.8, 4) is 5.75 Å². The van der Waals surface area contributed by atoms with E-state index in [0.717, 1.165) is 76.4 Å². The van der Waals surface area contributed by atoms with Gasteiger partial charge in [-0.3, -0.25) is 9.59 Å². The Balaban J connectivity index is 1.54. The van der Waals surface area contributed by atoms with E-state index in [-0.39, 0.29) is 23.8 Å². The molecule has 2 rings (SSSR count). The highest BCUT2D eigenvalue weighted by molar-refractivity contribution is 5.83. The van der Waals surface area contributed by atoms with Crippen LogP contribution in [0.4, 0.5) is 0 Å². The van der Waals surface area contributed by atoms with Gasteiger partial charge < -0.3 is 15.2 Å². The first-order valence-electron chi connectivity index (χ1n) is 13.3. The molecule has 0 aliphatic heterocycles. The van der Waals surface area contributed by atoms with E-state index in [1.807, 2.05) is 30.3 Å². The Bertz CT molecular complexity index is 743. The summed E-state index contributed by atoms with van der Waals surface area (Å²) in [5, 5.41) is 13.1. The molecule has 2 N–H and O–H groups in total. The minimum Gasteiger partial charge on any atom is -0.497 e. The third kappa shape index (κ3) is 10.9. The molecule has 0 aromatic heterocycles. The second-order valence-electron chi connectivity index (χ2n) is 9.62. The molecule has 3 atom stereocenters. The average molecular weight is 472 g/mol. The van der Waals surface area contributed by atoms with Crippen molar-refractivity contribution in [3.63, 3.8) is 0 Å². The van der Waals surface area contributed by atoms with E-state index in [1.165, 1.54) is 5.56 Å². The lowest BCUT2D eigenvalue weighted by Crippen LogP contribution is -2.25. The number of methoxy groups -OCH3 is 1. The monoisotopic (exact) mass is 471 g/mol. The average Bonchev–Trinajstić information content (AvgIpc) is 3.19. The van der Waals surface area contributed by atoms with E-state index in [1.54, 1.807) is 7.11 Å². The van der Waals surface area contributed by atoms with Gasteiger partial charge in [-0.05, 0) is 55.7 Å². The van der Waals surface area contributed by atoms with Gasteiger partial charge in [0.05, 0.1) is 13.2 Å². The molecule has 1 aromatic carbocycles. The number of allylic oxidation sites excluding steroid dienone is 1. The maximum Gasteiger partial charge on any atom is 0.220 e. The summed E-state index contributed by atoms with van der Waals surface area (Å²) in [6.45, 7) is 2.81. The molecule has 1 amide bonds. The van der Waals surface area contributed by atoms with Gasteiger partial charge in [-0.15, -0.1) is 0 Å². The van der Waals surface area contributed by atoms with Gasteiger partial charge in [-0.1, -0.05) is 69.7 Å². The molecule has 0 heterocycles. The van der Waals surface area contributed by atoms with Gasteiger partial charge in [0.15, 0.2) is 0 Å². The Morgan fingerprint density at radius 3 is 2.65 bits per heavy atom. The SMILES string of the molecule is CCCCC[C@H](O)/C=C/[C@H]1CCC(=O)[C@@H]1CCCCCCC(=O)NCCc1ccc(OC)cc1. The summed E-state index contributed by atoms with van der Waals surface area (Å²) in [7, 11) is 1.65. The fourth-order valence-electron chi connectivity index (χ4n) is 4.74. The maximum absolute atomic E-state index is 12.3. The molecular formula is C29H45NO4. The number of Topliss-reactive ketones (excluding diaryl/α,β-unsaturated/α-hetero) is 1. The van der Waals surface area contributed by atoms with Crippen LogP contribution in [-0.2, 0) is 16.0 Å². The minimum atomic E-state index is -0.384. The number of hydrogen-bond donors (Lipinski definition) is 2. The number of rotatable bonds is 17. The smallest absolute Gasteiger partial charge is 0.220 e. The van der Waals surface area contributed by atoms with Crippen LogP contribution in [0.25, 0.3) is 0 Å². The first-order chi connectivity index (χ1) is 16.5. The molecular weight excluding hydrogens is 426 g/mol. The molecule has 0 bridgehead atoms. The Morgan fingerprint density at radius 2 is 1.91 bits per heavy atom. The third-order valence-corrected chi connectivity index (χ3v) is 6.90. The summed E-state index contributed by atoms with van der Waals surface area (Å²) in [4.78, 5) is 24.4. The number of ketones is 1. The van der Waals surface area contributed by atoms with Gasteiger partial charge in [-0.25, -0.2) is 0 Å². The molecule has 1 aliphatic carbocycles. The molecule has 5 heteroatoms. The van der Waals surface area contributed by atoms with E-state index in [9.17, 15) is 14.7 Å². The zero-order valence-electron chi connectivity index (χ0n) is 21.3. The molecule has 1 saturated carbocycles. The number of nitrogens with one attached hydrogen (secondary N) is 1. The van der Waals surface area contributed by atoms with Crippen molar-refractivity contribution in [1.82, 2.24) is 5.32 Å². The fraction of sp³-hybridized carbons (Fsp3) is 0.655. The summed E-state index contributed by atoms with van der Waals surface area (Å²) in [6.07, 6.45) is 15.7. The number of hydrogen-bond acceptors (Lipinski definition) is 4. The maximum atomic E-state index is 12.3. The summed E-state index contributed by atoms with van der Waals surface area (Å²) in [5.41, 5.74) is 1.18. The van der Waals surface area contributed by atoms with E-state index in [0.29, 0.717) is 25.2 Å². The van der Waals surface area contributed by atoms with Crippen molar-refractivity contribution in [3.05, 3.63) is 42.0 Å². The summed E-state index contributed by atoms with van der Waals surface area (Å²) >= 11 is 0. The highest BCUT2D eigenvalue weighted by Crippen LogP contribution is 2.34. The van der Waals surface area contributed by atoms with Gasteiger partial charge in [0.1, 0.15) is 11.5 Å². The number of aliphatic hydroxyl groups excluding tert-OH is 1. The molecule has 0 spiro atoms. The van der Waals surface area contributed by atoms with Crippen LogP contribution >= 0.6 is 0 Å². The Kier molecular flexibility index (Phi) is 13.6. The van der Waals surface area contributed by atoms with E-state index in [4.69, 9.17) is 4.74 Å². The van der Waals surface area contributed by atoms with Crippen LogP contribution in [0.2, 0.25) is 0 Å². The molecule has 5 nitrogen and oxygen atoms in total. The largest absolute Gasteiger partial charge is 0.497 e. The standard InChI is InChI=1S/C29H45NO4/c1-3-4-7-10-25(31)17-15-24-16-20-28(32)27(24)11-8-5-6-9-12-29(33)30-22-21-23-13-18-26(34-2)19-14-23/h13-15,17-19,24-25,27,31H,3-12,16,20-22H2,1-2H3,(H,30,33)/b17-15+/t24-,25-,27+/m0/s1. The molecule has 1 aliphatic rings. The van der Waals surface area contributed by atoms with Crippen LogP contribution in [0.3, 0.4) is 0 Å². The zero-order chi connectivity index (χ0) is 24.6. The number of carbonyl (C=O) groups is 2. The van der Waals surface area contributed by atoms with Crippen LogP contribution in [0.5, 0.6) is 5.75 Å². The topological polar surface area (TPSA) is 75.6 Å². The highest BCUT2D eigenvalue weighted by atomic mass is 16.5. The first-order valence-corrected chi connectivity index (χ1v) is 13.3. The highest BCUT2D eigenvalue weighted by Gasteiger charge is 2.32. The summed E-state index contributed by atoms with van der Waals surface area (Å²) < 4.78 is 5.16. The summed E-state index contributed by atoms with van der Waals surface area (Å²) in [6, 6.07) is 7.92. The van der Waals surface area contributed by atoms with Crippen molar-refractivity contribution in [2.24, 2.45) is 11.8 Å². The first kappa shape index (κ1) is 28.1. The van der Waals surface area contributed by atoms with Crippen LogP contribution in [0.15, 0.2) is 36.4 Å². The second kappa shape index (κ2) is 16.5. The van der Waals surface area contributed by atoms with Crippen LogP contribution in [-0.4, -0.2) is 36.6 Å². The zero-order valence-corrected chi connectivity index (χ0v) is 21.3. The Hall–Kier alpha value is -2.14. The lowest BCUT2D eigenvalue weighted by Gasteiger charge is -2.15. The number of benzene rings is 1. The quantitative estimate of drug-likeness (QED) is 0.223. The Morgan fingerprint density at radius 1 is 1.15 bits per heavy atom. The summed E-state index contributed by atoms with van der Waals surface area (Å²) in [5.74, 6) is 1.73. The normalized spacial score (nSPS) is 19.0. The second-order valence-corrected chi connectivity index (χ2v) is 9.62. The number of ether oxygens (including phenoxy) is 1. The molecule has 34 heavy (non-hydrogen) atoms. The predicted molar refractivity (Wildman–Crippen MR) is 138 cm³/mol. The fourth-order valence-corrected chi connectivity index (χ4v) is 4.74. The lowest BCUT2D eigenvalue weighted by molar-refractivity contribution is -0.121. The van der Waals surface area contributed by atoms with Crippen LogP contribution < -0.4 is 10.1 Å². The number of amides is 1. The lowest BCUT2D eigenvalue weighted by atomic mass is 9.89. The molecule has 0 radical (unpaired) electrons. The molecule has 190 valence electrons. The molecule has 1 fully saturated rings. The van der Waals surface area contributed by atoms with E-state index >= 15 is 0 Å². The Labute approximate surface area is 206 Å². The van der Waals surface area contributed by atoms with Gasteiger partial charge >= 0.3 is 0 Å². The van der Waals surface area contributed by atoms with Crippen molar-refractivity contribution in [2.45, 2.75) is 96.5 Å². The van der Waals surface area contributed by atoms with Gasteiger partial charge in [-0.2, -0.15) is 0 Å². The number of unbranched alkanes of at least 4 members (excludes halogenated alkanes) is 5. The van der Waals surface area contributed by atoms with Crippen LogP contribution in [0, 0.1) is 11.8 Å². The third-order valence-electron chi connectivity index (χ3n) is 6.90. The van der Waals surface area contributed by atoms with Crippen LogP contribution in [0.1, 0.15) is 89.5 Å². The molecule has 1 aromatic rings. The van der Waals surface area contributed by atoms with Crippen molar-refractivity contribution >= 4 is 11.7 Å². The minimum absolute atomic E-state index is 0.111. The molecule has 0 saturated heterocycles. The number of carbonyl (C=O) groups excluding carboxylic acids is 2. The van der Waals surface area contributed by atoms with Gasteiger partial charge in [0.25, 0.3) is 0 Å². The molecule has 0 unspecified atom stereocenters. The number of aliphatic hydroxyl groups is 1.